The van der Waals surface area contributed by atoms with Crippen LogP contribution in [-0.2, 0) is 14.3 Å². The van der Waals surface area contributed by atoms with Gasteiger partial charge in [-0.3, -0.25) is 4.79 Å². The fraction of sp³-hybridized carbons (Fsp3) is 0.500. The highest BCUT2D eigenvalue weighted by molar-refractivity contribution is 5.75. The number of benzene rings is 1. The molecule has 0 amide bonds. The van der Waals surface area contributed by atoms with Crippen molar-refractivity contribution in [1.29, 1.82) is 0 Å². The minimum Gasteiger partial charge on any atom is -0.431 e. The predicted molar refractivity (Wildman–Crippen MR) is 66.4 cm³/mol. The summed E-state index contributed by atoms with van der Waals surface area (Å²) in [7, 11) is 0. The van der Waals surface area contributed by atoms with E-state index in [0.29, 0.717) is 6.61 Å². The number of hydrogen-bond acceptors (Lipinski definition) is 3. The maximum atomic E-state index is 11.8. The topological polar surface area (TPSA) is 35.5 Å². The van der Waals surface area contributed by atoms with E-state index in [0.717, 1.165) is 5.56 Å². The Kier molecular flexibility index (Phi) is 4.70. The van der Waals surface area contributed by atoms with Gasteiger partial charge in [0.1, 0.15) is 0 Å². The van der Waals surface area contributed by atoms with Crippen LogP contribution in [0.5, 0.6) is 0 Å². The van der Waals surface area contributed by atoms with Crippen LogP contribution in [-0.4, -0.2) is 12.6 Å². The van der Waals surface area contributed by atoms with Gasteiger partial charge in [-0.1, -0.05) is 30.3 Å². The van der Waals surface area contributed by atoms with Gasteiger partial charge in [0.25, 0.3) is 0 Å². The van der Waals surface area contributed by atoms with Gasteiger partial charge in [-0.2, -0.15) is 0 Å². The van der Waals surface area contributed by atoms with E-state index in [9.17, 15) is 4.79 Å². The maximum absolute atomic E-state index is 11.8. The molecule has 0 aliphatic rings. The molecule has 3 nitrogen and oxygen atoms in total. The van der Waals surface area contributed by atoms with Crippen molar-refractivity contribution < 1.29 is 14.3 Å². The summed E-state index contributed by atoms with van der Waals surface area (Å²) < 4.78 is 10.8. The highest BCUT2D eigenvalue weighted by Gasteiger charge is 2.27. The van der Waals surface area contributed by atoms with Crippen LogP contribution >= 0.6 is 0 Å². The van der Waals surface area contributed by atoms with Crippen LogP contribution in [0.15, 0.2) is 30.3 Å². The fourth-order valence-electron chi connectivity index (χ4n) is 1.23. The largest absolute Gasteiger partial charge is 0.431 e. The molecular weight excluding hydrogens is 216 g/mol. The summed E-state index contributed by atoms with van der Waals surface area (Å²) in [4.78, 5) is 11.8. The van der Waals surface area contributed by atoms with Gasteiger partial charge in [0.15, 0.2) is 0 Å². The Hall–Kier alpha value is -1.35. The van der Waals surface area contributed by atoms with Crippen molar-refractivity contribution >= 4 is 5.97 Å². The molecule has 0 saturated carbocycles. The van der Waals surface area contributed by atoms with Crippen molar-refractivity contribution in [2.45, 2.75) is 34.0 Å². The summed E-state index contributed by atoms with van der Waals surface area (Å²) in [6, 6.07) is 9.48. The molecule has 1 unspecified atom stereocenters. The first-order chi connectivity index (χ1) is 7.95. The average Bonchev–Trinajstić information content (AvgIpc) is 2.28. The van der Waals surface area contributed by atoms with Crippen molar-refractivity contribution in [3.8, 4) is 0 Å². The van der Waals surface area contributed by atoms with Gasteiger partial charge in [0.05, 0.1) is 5.41 Å². The first-order valence-electron chi connectivity index (χ1n) is 5.82. The Morgan fingerprint density at radius 3 is 2.29 bits per heavy atom. The molecule has 0 radical (unpaired) electrons. The number of carbonyl (C=O) groups is 1. The van der Waals surface area contributed by atoms with E-state index in [1.807, 2.05) is 58.0 Å². The van der Waals surface area contributed by atoms with Gasteiger partial charge < -0.3 is 9.47 Å². The molecule has 0 spiro atoms. The standard InChI is InChI=1S/C14H20O3/c1-5-16-12(11-9-7-6-8-10-11)17-13(15)14(2,3)4/h6-10,12H,5H2,1-4H3. The molecule has 1 rings (SSSR count). The summed E-state index contributed by atoms with van der Waals surface area (Å²) in [6.07, 6.45) is -0.618. The minimum atomic E-state index is -0.618. The van der Waals surface area contributed by atoms with Crippen molar-refractivity contribution in [2.24, 2.45) is 5.41 Å². The molecule has 0 N–H and O–H groups in total. The van der Waals surface area contributed by atoms with Crippen LogP contribution in [0.1, 0.15) is 39.5 Å². The molecule has 0 fully saturated rings. The molecule has 0 heterocycles. The van der Waals surface area contributed by atoms with Crippen molar-refractivity contribution in [2.75, 3.05) is 6.61 Å². The SMILES string of the molecule is CCOC(OC(=O)C(C)(C)C)c1ccccc1. The Bertz CT molecular complexity index is 351. The van der Waals surface area contributed by atoms with E-state index < -0.39 is 11.7 Å². The molecule has 0 aliphatic heterocycles. The summed E-state index contributed by atoms with van der Waals surface area (Å²) in [5.41, 5.74) is 0.330. The van der Waals surface area contributed by atoms with Crippen LogP contribution in [0.3, 0.4) is 0 Å². The molecule has 0 aromatic heterocycles. The molecule has 17 heavy (non-hydrogen) atoms. The predicted octanol–water partition coefficient (Wildman–Crippen LogP) is 3.31. The quantitative estimate of drug-likeness (QED) is 0.594. The van der Waals surface area contributed by atoms with Crippen LogP contribution < -0.4 is 0 Å². The average molecular weight is 236 g/mol. The smallest absolute Gasteiger partial charge is 0.313 e. The van der Waals surface area contributed by atoms with Gasteiger partial charge >= 0.3 is 5.97 Å². The fourth-order valence-corrected chi connectivity index (χ4v) is 1.23. The number of esters is 1. The Morgan fingerprint density at radius 1 is 1.24 bits per heavy atom. The number of carbonyl (C=O) groups excluding carboxylic acids is 1. The van der Waals surface area contributed by atoms with Crippen LogP contribution in [0.25, 0.3) is 0 Å². The first-order valence-corrected chi connectivity index (χ1v) is 5.82. The third-order valence-corrected chi connectivity index (χ3v) is 2.22. The Labute approximate surface area is 103 Å². The van der Waals surface area contributed by atoms with Gasteiger partial charge in [0.2, 0.25) is 6.29 Å². The van der Waals surface area contributed by atoms with Gasteiger partial charge in [0, 0.05) is 12.2 Å². The van der Waals surface area contributed by atoms with E-state index in [4.69, 9.17) is 9.47 Å². The Morgan fingerprint density at radius 2 is 1.82 bits per heavy atom. The van der Waals surface area contributed by atoms with Crippen molar-refractivity contribution in [1.82, 2.24) is 0 Å². The summed E-state index contributed by atoms with van der Waals surface area (Å²) in [5, 5.41) is 0. The number of hydrogen-bond donors (Lipinski definition) is 0. The molecule has 1 aromatic rings. The highest BCUT2D eigenvalue weighted by Crippen LogP contribution is 2.24. The van der Waals surface area contributed by atoms with Gasteiger partial charge in [-0.15, -0.1) is 0 Å². The molecule has 94 valence electrons. The maximum Gasteiger partial charge on any atom is 0.313 e. The second-order valence-corrected chi connectivity index (χ2v) is 4.85. The second kappa shape index (κ2) is 5.82. The minimum absolute atomic E-state index is 0.264. The van der Waals surface area contributed by atoms with E-state index in [-0.39, 0.29) is 5.97 Å². The van der Waals surface area contributed by atoms with Crippen LogP contribution in [0.4, 0.5) is 0 Å². The Balaban J connectivity index is 2.78. The van der Waals surface area contributed by atoms with Crippen LogP contribution in [0, 0.1) is 5.41 Å². The first kappa shape index (κ1) is 13.7. The zero-order valence-corrected chi connectivity index (χ0v) is 10.9. The molecule has 1 atom stereocenters. The zero-order valence-electron chi connectivity index (χ0n) is 10.9. The molecule has 0 aliphatic carbocycles. The van der Waals surface area contributed by atoms with E-state index in [1.165, 1.54) is 0 Å². The lowest BCUT2D eigenvalue weighted by Crippen LogP contribution is -2.26. The highest BCUT2D eigenvalue weighted by atomic mass is 16.7. The summed E-state index contributed by atoms with van der Waals surface area (Å²) in [6.45, 7) is 7.84. The summed E-state index contributed by atoms with van der Waals surface area (Å²) in [5.74, 6) is -0.264. The van der Waals surface area contributed by atoms with E-state index in [2.05, 4.69) is 0 Å². The molecular formula is C14H20O3. The van der Waals surface area contributed by atoms with E-state index in [1.54, 1.807) is 0 Å². The van der Waals surface area contributed by atoms with Crippen molar-refractivity contribution in [3.05, 3.63) is 35.9 Å². The molecule has 0 bridgehead atoms. The monoisotopic (exact) mass is 236 g/mol. The molecule has 1 aromatic carbocycles. The lowest BCUT2D eigenvalue weighted by molar-refractivity contribution is -0.189. The van der Waals surface area contributed by atoms with Gasteiger partial charge in [-0.25, -0.2) is 0 Å². The number of rotatable bonds is 4. The second-order valence-electron chi connectivity index (χ2n) is 4.85. The third-order valence-electron chi connectivity index (χ3n) is 2.22. The normalized spacial score (nSPS) is 13.2. The van der Waals surface area contributed by atoms with Crippen LogP contribution in [0.2, 0.25) is 0 Å². The summed E-state index contributed by atoms with van der Waals surface area (Å²) >= 11 is 0. The third kappa shape index (κ3) is 4.19. The lowest BCUT2D eigenvalue weighted by Gasteiger charge is -2.23. The van der Waals surface area contributed by atoms with E-state index >= 15 is 0 Å². The number of ether oxygens (including phenoxy) is 2. The van der Waals surface area contributed by atoms with Gasteiger partial charge in [-0.05, 0) is 27.7 Å². The molecule has 3 heteroatoms. The lowest BCUT2D eigenvalue weighted by atomic mass is 9.97. The van der Waals surface area contributed by atoms with Crippen molar-refractivity contribution in [3.63, 3.8) is 0 Å². The molecule has 0 saturated heterocycles. The zero-order chi connectivity index (χ0) is 12.9.